The van der Waals surface area contributed by atoms with Crippen molar-refractivity contribution in [1.29, 1.82) is 0 Å². The van der Waals surface area contributed by atoms with Gasteiger partial charge in [-0.15, -0.1) is 0 Å². The molecule has 4 aliphatic heterocycles. The van der Waals surface area contributed by atoms with Gasteiger partial charge in [-0.2, -0.15) is 0 Å². The summed E-state index contributed by atoms with van der Waals surface area (Å²) in [6, 6.07) is 14.2. The monoisotopic (exact) mass is 577 g/mol. The molecule has 6 rings (SSSR count). The fourth-order valence-corrected chi connectivity index (χ4v) is 7.59. The van der Waals surface area contributed by atoms with Gasteiger partial charge in [-0.1, -0.05) is 36.5 Å². The second-order valence-electron chi connectivity index (χ2n) is 10.7. The van der Waals surface area contributed by atoms with E-state index in [2.05, 4.69) is 22.5 Å². The number of rotatable bonds is 6. The molecular formula is C30H32FN5O4S. The summed E-state index contributed by atoms with van der Waals surface area (Å²) in [5.74, 6) is 0.566. The Balaban J connectivity index is 1.22. The van der Waals surface area contributed by atoms with E-state index in [-0.39, 0.29) is 54.7 Å². The second kappa shape index (κ2) is 11.2. The molecule has 3 fully saturated rings. The Morgan fingerprint density at radius 2 is 1.98 bits per heavy atom. The lowest BCUT2D eigenvalue weighted by molar-refractivity contribution is -0.129. The number of nitrogens with one attached hydrogen (secondary N) is 3. The lowest BCUT2D eigenvalue weighted by Crippen LogP contribution is -2.62. The molecule has 214 valence electrons. The fraction of sp³-hybridized carbons (Fsp3) is 0.367. The maximum Gasteiger partial charge on any atom is 0.326 e. The van der Waals surface area contributed by atoms with E-state index in [0.717, 1.165) is 29.5 Å². The van der Waals surface area contributed by atoms with E-state index in [0.29, 0.717) is 22.9 Å². The number of thioether (sulfide) groups is 1. The van der Waals surface area contributed by atoms with Crippen LogP contribution in [-0.2, 0) is 9.59 Å². The van der Waals surface area contributed by atoms with Crippen molar-refractivity contribution in [2.75, 3.05) is 24.5 Å². The first-order chi connectivity index (χ1) is 19.8. The van der Waals surface area contributed by atoms with Crippen LogP contribution in [-0.4, -0.2) is 66.0 Å². The van der Waals surface area contributed by atoms with Gasteiger partial charge in [-0.05, 0) is 61.9 Å². The number of urea groups is 1. The number of nitrogens with zero attached hydrogens (tertiary/aromatic N) is 2. The molecule has 0 saturated carbocycles. The Hall–Kier alpha value is -3.83. The van der Waals surface area contributed by atoms with Gasteiger partial charge in [0.05, 0.1) is 22.9 Å². The minimum Gasteiger partial charge on any atom is -0.457 e. The van der Waals surface area contributed by atoms with Crippen molar-refractivity contribution in [3.8, 4) is 11.5 Å². The van der Waals surface area contributed by atoms with E-state index in [4.69, 9.17) is 4.74 Å². The predicted molar refractivity (Wildman–Crippen MR) is 155 cm³/mol. The van der Waals surface area contributed by atoms with Crippen molar-refractivity contribution in [3.63, 3.8) is 0 Å². The van der Waals surface area contributed by atoms with Crippen molar-refractivity contribution in [2.45, 2.75) is 43.4 Å². The van der Waals surface area contributed by atoms with E-state index in [1.165, 1.54) is 16.7 Å². The van der Waals surface area contributed by atoms with Crippen molar-refractivity contribution in [3.05, 3.63) is 77.4 Å². The predicted octanol–water partition coefficient (Wildman–Crippen LogP) is 3.82. The number of piperidine rings is 2. The fourth-order valence-electron chi connectivity index (χ4n) is 6.19. The number of ether oxygens (including phenoxy) is 1. The molecule has 4 heterocycles. The summed E-state index contributed by atoms with van der Waals surface area (Å²) in [6.45, 7) is 6.33. The van der Waals surface area contributed by atoms with Crippen LogP contribution < -0.4 is 25.6 Å². The third-order valence-corrected chi connectivity index (χ3v) is 9.33. The largest absolute Gasteiger partial charge is 0.457 e. The highest BCUT2D eigenvalue weighted by atomic mass is 32.2. The Morgan fingerprint density at radius 1 is 1.17 bits per heavy atom. The summed E-state index contributed by atoms with van der Waals surface area (Å²) < 4.78 is 20.4. The maximum absolute atomic E-state index is 14.4. The zero-order valence-corrected chi connectivity index (χ0v) is 23.5. The highest BCUT2D eigenvalue weighted by Gasteiger charge is 2.52. The van der Waals surface area contributed by atoms with E-state index >= 15 is 0 Å². The van der Waals surface area contributed by atoms with E-state index in [1.807, 2.05) is 55.5 Å². The molecular weight excluding hydrogens is 545 g/mol. The summed E-state index contributed by atoms with van der Waals surface area (Å²) >= 11 is 1.39. The van der Waals surface area contributed by atoms with Gasteiger partial charge < -0.3 is 25.6 Å². The van der Waals surface area contributed by atoms with E-state index < -0.39 is 12.2 Å². The summed E-state index contributed by atoms with van der Waals surface area (Å²) in [5, 5.41) is 9.33. The molecule has 2 aromatic carbocycles. The van der Waals surface area contributed by atoms with Crippen LogP contribution in [0.2, 0.25) is 0 Å². The molecule has 4 amide bonds. The first-order valence-corrected chi connectivity index (χ1v) is 14.6. The smallest absolute Gasteiger partial charge is 0.326 e. The molecule has 0 aliphatic carbocycles. The molecule has 41 heavy (non-hydrogen) atoms. The Morgan fingerprint density at radius 3 is 2.73 bits per heavy atom. The molecule has 0 spiro atoms. The normalized spacial score (nSPS) is 27.2. The highest BCUT2D eigenvalue weighted by Crippen LogP contribution is 2.48. The molecule has 0 aromatic heterocycles. The van der Waals surface area contributed by atoms with Gasteiger partial charge in [0.15, 0.2) is 0 Å². The Kier molecular flexibility index (Phi) is 7.48. The summed E-state index contributed by atoms with van der Waals surface area (Å²) in [4.78, 5) is 42.7. The molecule has 5 atom stereocenters. The number of halogens is 1. The van der Waals surface area contributed by atoms with Gasteiger partial charge in [0.1, 0.15) is 17.7 Å². The molecule has 3 N–H and O–H groups in total. The van der Waals surface area contributed by atoms with E-state index in [1.54, 1.807) is 4.90 Å². The van der Waals surface area contributed by atoms with Crippen LogP contribution in [0.4, 0.5) is 14.9 Å². The van der Waals surface area contributed by atoms with Gasteiger partial charge in [0, 0.05) is 36.3 Å². The van der Waals surface area contributed by atoms with Crippen molar-refractivity contribution < 1.29 is 23.5 Å². The number of hydrogen-bond acceptors (Lipinski definition) is 6. The van der Waals surface area contributed by atoms with Crippen LogP contribution in [0.3, 0.4) is 0 Å². The van der Waals surface area contributed by atoms with Gasteiger partial charge in [0.25, 0.3) is 5.91 Å². The zero-order valence-electron chi connectivity index (χ0n) is 22.6. The molecule has 11 heteroatoms. The first-order valence-electron chi connectivity index (χ1n) is 13.8. The molecule has 3 saturated heterocycles. The Bertz CT molecular complexity index is 1420. The quantitative estimate of drug-likeness (QED) is 0.452. The lowest BCUT2D eigenvalue weighted by Gasteiger charge is -2.46. The van der Waals surface area contributed by atoms with Gasteiger partial charge in [0.2, 0.25) is 5.91 Å². The van der Waals surface area contributed by atoms with Gasteiger partial charge in [-0.3, -0.25) is 14.5 Å². The SMILES string of the molecule is C=CC(=O)N1C[C@@H](F)C[C@@H](NC(=O)C2=C3NC(=O)N(c4ccc(Oc5ccccc5)cc4C)C4CCNC(S2)C34)C1. The van der Waals surface area contributed by atoms with Crippen molar-refractivity contribution in [2.24, 2.45) is 5.92 Å². The topological polar surface area (TPSA) is 103 Å². The number of benzene rings is 2. The minimum absolute atomic E-state index is 0.0136. The number of likely N-dealkylation sites (tertiary alicyclic amines) is 1. The molecule has 0 radical (unpaired) electrons. The van der Waals surface area contributed by atoms with Gasteiger partial charge >= 0.3 is 6.03 Å². The summed E-state index contributed by atoms with van der Waals surface area (Å²) in [6.07, 6.45) is 0.757. The van der Waals surface area contributed by atoms with Crippen LogP contribution in [0.25, 0.3) is 0 Å². The zero-order chi connectivity index (χ0) is 28.7. The van der Waals surface area contributed by atoms with Gasteiger partial charge in [-0.25, -0.2) is 9.18 Å². The third-order valence-electron chi connectivity index (χ3n) is 7.98. The number of hydrogen-bond donors (Lipinski definition) is 3. The number of carbonyl (C=O) groups is 3. The summed E-state index contributed by atoms with van der Waals surface area (Å²) in [5.41, 5.74) is 2.29. The molecule has 4 aliphatic rings. The number of amides is 4. The number of alkyl halides is 1. The van der Waals surface area contributed by atoms with Crippen LogP contribution in [0.5, 0.6) is 11.5 Å². The third kappa shape index (κ3) is 5.31. The number of anilines is 1. The van der Waals surface area contributed by atoms with Crippen molar-refractivity contribution >= 4 is 35.3 Å². The van der Waals surface area contributed by atoms with Crippen LogP contribution in [0.15, 0.2) is 71.8 Å². The Labute approximate surface area is 242 Å². The molecule has 3 unspecified atom stereocenters. The second-order valence-corrected chi connectivity index (χ2v) is 11.9. The lowest BCUT2D eigenvalue weighted by atomic mass is 9.86. The number of carbonyl (C=O) groups excluding carboxylic acids is 3. The maximum atomic E-state index is 14.4. The minimum atomic E-state index is -1.24. The molecule has 2 aromatic rings. The number of para-hydroxylation sites is 1. The highest BCUT2D eigenvalue weighted by molar-refractivity contribution is 8.04. The average molecular weight is 578 g/mol. The summed E-state index contributed by atoms with van der Waals surface area (Å²) in [7, 11) is 0. The van der Waals surface area contributed by atoms with Crippen LogP contribution >= 0.6 is 11.8 Å². The van der Waals surface area contributed by atoms with Crippen LogP contribution in [0.1, 0.15) is 18.4 Å². The van der Waals surface area contributed by atoms with Crippen molar-refractivity contribution in [1.82, 2.24) is 20.9 Å². The number of aryl methyl sites for hydroxylation is 1. The molecule has 9 nitrogen and oxygen atoms in total. The first kappa shape index (κ1) is 27.3. The average Bonchev–Trinajstić information content (AvgIpc) is 3.33. The van der Waals surface area contributed by atoms with Crippen LogP contribution in [0, 0.1) is 12.8 Å². The molecule has 0 bridgehead atoms. The standard InChI is InChI=1S/C30H32FN5O4S/c1-3-24(37)35-15-18(31)14-19(16-35)33-28(38)27-26-25-23(11-12-32-29(25)41-27)36(30(39)34-26)22-10-9-21(13-17(22)2)40-20-7-5-4-6-8-20/h3-10,13,18-19,23,25,29,32H,1,11-12,14-16H2,2H3,(H,33,38)(H,34,39)/t18-,19+,23?,25?,29?/m0/s1. The van der Waals surface area contributed by atoms with E-state index in [9.17, 15) is 18.8 Å².